The molecule has 1 heterocycles. The summed E-state index contributed by atoms with van der Waals surface area (Å²) in [6.07, 6.45) is 16.1. The molecular weight excluding hydrogens is 430 g/mol. The molecule has 5 rings (SSSR count). The molecule has 3 aliphatic carbocycles. The van der Waals surface area contributed by atoms with Gasteiger partial charge in [-0.05, 0) is 86.6 Å². The number of amides is 2. The Morgan fingerprint density at radius 2 is 1.91 bits per heavy atom. The van der Waals surface area contributed by atoms with Gasteiger partial charge in [-0.15, -0.1) is 0 Å². The monoisotopic (exact) mass is 469 g/mol. The van der Waals surface area contributed by atoms with E-state index in [1.54, 1.807) is 16.8 Å². The SMILES string of the molecule is CCN(C)C(=O)c1ccc2c(c1)c1c(n2SC)CCC(C2CCCCC2)C1.O=CNC1CC1. The van der Waals surface area contributed by atoms with E-state index in [-0.39, 0.29) is 5.91 Å². The summed E-state index contributed by atoms with van der Waals surface area (Å²) in [7, 11) is 1.88. The maximum absolute atomic E-state index is 12.7. The van der Waals surface area contributed by atoms with E-state index in [0.717, 1.165) is 30.4 Å². The largest absolute Gasteiger partial charge is 0.356 e. The van der Waals surface area contributed by atoms with Crippen molar-refractivity contribution in [3.63, 3.8) is 0 Å². The fourth-order valence-electron chi connectivity index (χ4n) is 5.60. The fraction of sp³-hybridized carbons (Fsp3) is 0.630. The van der Waals surface area contributed by atoms with Gasteiger partial charge in [0.2, 0.25) is 6.41 Å². The number of fused-ring (bicyclic) bond motifs is 3. The number of carbonyl (C=O) groups is 2. The predicted molar refractivity (Wildman–Crippen MR) is 138 cm³/mol. The molecule has 1 aromatic carbocycles. The third kappa shape index (κ3) is 5.42. The van der Waals surface area contributed by atoms with E-state index < -0.39 is 0 Å². The molecule has 1 atom stereocenters. The van der Waals surface area contributed by atoms with Crippen LogP contribution in [0.5, 0.6) is 0 Å². The summed E-state index contributed by atoms with van der Waals surface area (Å²) in [5.41, 5.74) is 5.13. The van der Waals surface area contributed by atoms with Crippen LogP contribution < -0.4 is 5.32 Å². The van der Waals surface area contributed by atoms with Crippen molar-refractivity contribution in [1.29, 1.82) is 0 Å². The number of hydrogen-bond donors (Lipinski definition) is 1. The summed E-state index contributed by atoms with van der Waals surface area (Å²) in [5, 5.41) is 3.95. The second-order valence-corrected chi connectivity index (χ2v) is 10.6. The molecule has 3 aliphatic rings. The molecule has 0 saturated heterocycles. The normalized spacial score (nSPS) is 20.5. The van der Waals surface area contributed by atoms with Crippen LogP contribution in [-0.2, 0) is 17.6 Å². The van der Waals surface area contributed by atoms with Crippen molar-refractivity contribution < 1.29 is 9.59 Å². The zero-order valence-electron chi connectivity index (χ0n) is 20.4. The van der Waals surface area contributed by atoms with E-state index >= 15 is 0 Å². The smallest absolute Gasteiger partial charge is 0.253 e. The second kappa shape index (κ2) is 11.0. The van der Waals surface area contributed by atoms with Gasteiger partial charge in [-0.3, -0.25) is 13.6 Å². The Labute approximate surface area is 202 Å². The van der Waals surface area contributed by atoms with Crippen molar-refractivity contribution in [1.82, 2.24) is 14.2 Å². The standard InChI is InChI=1S/C23H32N2OS.C4H7NO/c1-4-24(2)23(26)18-11-13-22-20(15-18)19-14-17(16-8-6-5-7-9-16)10-12-21(19)25(22)27-3;6-3-5-4-1-2-4/h11,13,15-17H,4-10,12,14H2,1-3H3;3-4H,1-2H2,(H,5,6). The maximum Gasteiger partial charge on any atom is 0.253 e. The molecule has 33 heavy (non-hydrogen) atoms. The van der Waals surface area contributed by atoms with Crippen LogP contribution in [0, 0.1) is 11.8 Å². The lowest BCUT2D eigenvalue weighted by molar-refractivity contribution is -0.109. The Morgan fingerprint density at radius 1 is 1.15 bits per heavy atom. The third-order valence-electron chi connectivity index (χ3n) is 7.80. The average molecular weight is 470 g/mol. The van der Waals surface area contributed by atoms with Gasteiger partial charge >= 0.3 is 0 Å². The van der Waals surface area contributed by atoms with Crippen molar-refractivity contribution in [3.05, 3.63) is 35.0 Å². The highest BCUT2D eigenvalue weighted by Crippen LogP contribution is 2.42. The van der Waals surface area contributed by atoms with Gasteiger partial charge in [0, 0.05) is 42.5 Å². The third-order valence-corrected chi connectivity index (χ3v) is 8.58. The first kappa shape index (κ1) is 24.2. The van der Waals surface area contributed by atoms with Crippen molar-refractivity contribution in [2.75, 3.05) is 19.8 Å². The lowest BCUT2D eigenvalue weighted by Crippen LogP contribution is -2.26. The molecule has 0 bridgehead atoms. The molecule has 1 aromatic heterocycles. The quantitative estimate of drug-likeness (QED) is 0.573. The highest BCUT2D eigenvalue weighted by Gasteiger charge is 2.31. The minimum absolute atomic E-state index is 0.129. The zero-order valence-corrected chi connectivity index (χ0v) is 21.3. The molecule has 2 aromatic rings. The number of rotatable bonds is 6. The minimum atomic E-state index is 0.129. The average Bonchev–Trinajstić information content (AvgIpc) is 3.63. The Kier molecular flexibility index (Phi) is 8.05. The van der Waals surface area contributed by atoms with Crippen LogP contribution in [0.25, 0.3) is 10.9 Å². The summed E-state index contributed by atoms with van der Waals surface area (Å²) in [6, 6.07) is 6.87. The molecule has 5 nitrogen and oxygen atoms in total. The number of carbonyl (C=O) groups excluding carboxylic acids is 2. The first-order chi connectivity index (χ1) is 16.1. The Bertz CT molecular complexity index is 975. The summed E-state index contributed by atoms with van der Waals surface area (Å²) in [5.74, 6) is 1.87. The Morgan fingerprint density at radius 3 is 2.52 bits per heavy atom. The van der Waals surface area contributed by atoms with Crippen LogP contribution in [0.2, 0.25) is 0 Å². The molecule has 6 heteroatoms. The molecule has 1 N–H and O–H groups in total. The molecule has 2 fully saturated rings. The van der Waals surface area contributed by atoms with E-state index in [2.05, 4.69) is 27.7 Å². The van der Waals surface area contributed by atoms with Gasteiger partial charge in [-0.2, -0.15) is 0 Å². The molecule has 2 amide bonds. The molecule has 2 saturated carbocycles. The number of aromatic nitrogens is 1. The first-order valence-electron chi connectivity index (χ1n) is 12.7. The molecule has 0 aliphatic heterocycles. The summed E-state index contributed by atoms with van der Waals surface area (Å²) in [6.45, 7) is 2.77. The van der Waals surface area contributed by atoms with Crippen molar-refractivity contribution in [2.24, 2.45) is 11.8 Å². The number of hydrogen-bond acceptors (Lipinski definition) is 3. The van der Waals surface area contributed by atoms with Crippen LogP contribution in [0.15, 0.2) is 18.2 Å². The van der Waals surface area contributed by atoms with E-state index in [9.17, 15) is 9.59 Å². The predicted octanol–water partition coefficient (Wildman–Crippen LogP) is 5.44. The number of nitrogens with zero attached hydrogens (tertiary/aromatic N) is 2. The molecule has 0 radical (unpaired) electrons. The van der Waals surface area contributed by atoms with Crippen molar-refractivity contribution in [2.45, 2.75) is 77.2 Å². The second-order valence-electron chi connectivity index (χ2n) is 9.91. The number of benzene rings is 1. The van der Waals surface area contributed by atoms with Crippen LogP contribution in [-0.4, -0.2) is 47.1 Å². The fourth-order valence-corrected chi connectivity index (χ4v) is 6.38. The van der Waals surface area contributed by atoms with Crippen LogP contribution in [0.1, 0.15) is 79.9 Å². The van der Waals surface area contributed by atoms with Gasteiger partial charge in [0.15, 0.2) is 0 Å². The van der Waals surface area contributed by atoms with Crippen molar-refractivity contribution >= 4 is 35.2 Å². The van der Waals surface area contributed by atoms with E-state index in [4.69, 9.17) is 0 Å². The highest BCUT2D eigenvalue weighted by atomic mass is 32.2. The van der Waals surface area contributed by atoms with Crippen LogP contribution in [0.3, 0.4) is 0 Å². The van der Waals surface area contributed by atoms with Gasteiger partial charge in [0.25, 0.3) is 5.91 Å². The topological polar surface area (TPSA) is 54.3 Å². The zero-order chi connectivity index (χ0) is 23.4. The van der Waals surface area contributed by atoms with Crippen LogP contribution in [0.4, 0.5) is 0 Å². The molecule has 180 valence electrons. The Hall–Kier alpha value is -1.95. The van der Waals surface area contributed by atoms with Gasteiger partial charge in [0.1, 0.15) is 0 Å². The van der Waals surface area contributed by atoms with E-state index in [1.165, 1.54) is 86.4 Å². The van der Waals surface area contributed by atoms with E-state index in [0.29, 0.717) is 6.04 Å². The van der Waals surface area contributed by atoms with Gasteiger partial charge < -0.3 is 10.2 Å². The van der Waals surface area contributed by atoms with Gasteiger partial charge in [-0.1, -0.05) is 32.1 Å². The highest BCUT2D eigenvalue weighted by molar-refractivity contribution is 7.97. The maximum atomic E-state index is 12.7. The molecule has 0 spiro atoms. The summed E-state index contributed by atoms with van der Waals surface area (Å²) in [4.78, 5) is 24.0. The van der Waals surface area contributed by atoms with E-state index in [1.807, 2.05) is 20.0 Å². The lowest BCUT2D eigenvalue weighted by atomic mass is 9.72. The molecular formula is C27H39N3O2S. The minimum Gasteiger partial charge on any atom is -0.356 e. The number of nitrogens with one attached hydrogen (secondary N) is 1. The van der Waals surface area contributed by atoms with Crippen LogP contribution >= 0.6 is 11.9 Å². The summed E-state index contributed by atoms with van der Waals surface area (Å²) < 4.78 is 2.42. The summed E-state index contributed by atoms with van der Waals surface area (Å²) >= 11 is 1.80. The first-order valence-corrected chi connectivity index (χ1v) is 13.9. The van der Waals surface area contributed by atoms with Crippen molar-refractivity contribution in [3.8, 4) is 0 Å². The van der Waals surface area contributed by atoms with Gasteiger partial charge in [0.05, 0.1) is 5.52 Å². The molecule has 1 unspecified atom stereocenters. The van der Waals surface area contributed by atoms with Gasteiger partial charge in [-0.25, -0.2) is 0 Å². The lowest BCUT2D eigenvalue weighted by Gasteiger charge is -2.33. The Balaban J connectivity index is 0.000000376.